The first-order valence-electron chi connectivity index (χ1n) is 10.7. The summed E-state index contributed by atoms with van der Waals surface area (Å²) in [6, 6.07) is 32.4. The van der Waals surface area contributed by atoms with Gasteiger partial charge in [0.15, 0.2) is 15.6 Å². The number of rotatable bonds is 7. The van der Waals surface area contributed by atoms with Crippen LogP contribution in [0.15, 0.2) is 134 Å². The third-order valence-electron chi connectivity index (χ3n) is 5.23. The van der Waals surface area contributed by atoms with Gasteiger partial charge >= 0.3 is 0 Å². The van der Waals surface area contributed by atoms with Gasteiger partial charge in [-0.25, -0.2) is 4.39 Å². The van der Waals surface area contributed by atoms with Crippen LogP contribution in [-0.4, -0.2) is 5.78 Å². The van der Waals surface area contributed by atoms with E-state index in [2.05, 4.69) is 37.3 Å². The molecule has 4 aromatic rings. The van der Waals surface area contributed by atoms with E-state index in [1.54, 1.807) is 11.8 Å². The zero-order valence-corrected chi connectivity index (χ0v) is 20.1. The monoisotopic (exact) mass is 471 g/mol. The van der Waals surface area contributed by atoms with Crippen molar-refractivity contribution in [2.75, 3.05) is 0 Å². The van der Waals surface area contributed by atoms with E-state index in [1.807, 2.05) is 73.7 Å². The molecular formula is C29H24FOS2+. The van der Waals surface area contributed by atoms with Crippen molar-refractivity contribution in [3.05, 3.63) is 131 Å². The Morgan fingerprint density at radius 3 is 1.76 bits per heavy atom. The number of benzene rings is 4. The van der Waals surface area contributed by atoms with Crippen molar-refractivity contribution in [1.29, 1.82) is 0 Å². The maximum absolute atomic E-state index is 13.4. The van der Waals surface area contributed by atoms with Gasteiger partial charge in [0.25, 0.3) is 0 Å². The molecule has 0 radical (unpaired) electrons. The van der Waals surface area contributed by atoms with E-state index in [1.165, 1.54) is 21.9 Å². The molecule has 1 nitrogen and oxygen atoms in total. The maximum atomic E-state index is 13.4. The van der Waals surface area contributed by atoms with E-state index in [0.29, 0.717) is 11.1 Å². The zero-order chi connectivity index (χ0) is 23.2. The molecule has 0 bridgehead atoms. The van der Waals surface area contributed by atoms with Crippen LogP contribution in [0.3, 0.4) is 0 Å². The highest BCUT2D eigenvalue weighted by Crippen LogP contribution is 2.33. The van der Waals surface area contributed by atoms with Gasteiger partial charge in [-0.05, 0) is 85.8 Å². The van der Waals surface area contributed by atoms with Crippen molar-refractivity contribution in [2.45, 2.75) is 33.4 Å². The molecule has 0 aliphatic heterocycles. The predicted octanol–water partition coefficient (Wildman–Crippen LogP) is 8.17. The highest BCUT2D eigenvalue weighted by Gasteiger charge is 2.27. The number of allylic oxidation sites excluding steroid dienone is 2. The number of carbonyl (C=O) groups is 1. The minimum atomic E-state index is -0.238. The molecular weight excluding hydrogens is 447 g/mol. The van der Waals surface area contributed by atoms with Crippen LogP contribution in [0.4, 0.5) is 4.39 Å². The second-order valence-corrected chi connectivity index (χ2v) is 10.8. The molecule has 0 spiro atoms. The van der Waals surface area contributed by atoms with Gasteiger partial charge in [0.1, 0.15) is 10.7 Å². The maximum Gasteiger partial charge on any atom is 0.193 e. The molecule has 0 heterocycles. The summed E-state index contributed by atoms with van der Waals surface area (Å²) in [4.78, 5) is 18.4. The molecule has 0 saturated carbocycles. The molecule has 0 aliphatic rings. The largest absolute Gasteiger partial charge is 0.289 e. The van der Waals surface area contributed by atoms with Crippen LogP contribution in [0.5, 0.6) is 0 Å². The lowest BCUT2D eigenvalue weighted by molar-refractivity contribution is 0.103. The summed E-state index contributed by atoms with van der Waals surface area (Å²) >= 11 is 1.66. The summed E-state index contributed by atoms with van der Waals surface area (Å²) in [7, 11) is -0.238. The molecule has 33 heavy (non-hydrogen) atoms. The van der Waals surface area contributed by atoms with Crippen LogP contribution in [0.25, 0.3) is 0 Å². The Labute approximate surface area is 201 Å². The fraction of sp³-hybridized carbons (Fsp3) is 0.0690. The molecule has 4 aromatic carbocycles. The topological polar surface area (TPSA) is 17.1 Å². The molecule has 4 heteroatoms. The molecule has 0 amide bonds. The third-order valence-corrected chi connectivity index (χ3v) is 8.61. The minimum absolute atomic E-state index is 0.0312. The molecule has 164 valence electrons. The minimum Gasteiger partial charge on any atom is -0.289 e. The second-order valence-electron chi connectivity index (χ2n) is 7.45. The Morgan fingerprint density at radius 1 is 0.727 bits per heavy atom. The van der Waals surface area contributed by atoms with E-state index in [0.717, 1.165) is 14.7 Å². The fourth-order valence-corrected chi connectivity index (χ4v) is 6.29. The van der Waals surface area contributed by atoms with Crippen LogP contribution in [0.2, 0.25) is 0 Å². The highest BCUT2D eigenvalue weighted by molar-refractivity contribution is 8.00. The molecule has 1 atom stereocenters. The highest BCUT2D eigenvalue weighted by atomic mass is 32.2. The SMILES string of the molecule is C/C=C(\C)[S+](c1ccc(F)cc1)c1ccc(Sc2ccc(C(=O)c3ccccc3)cc2)cc1. The number of hydrogen-bond acceptors (Lipinski definition) is 2. The van der Waals surface area contributed by atoms with E-state index < -0.39 is 0 Å². The van der Waals surface area contributed by atoms with Crippen molar-refractivity contribution >= 4 is 28.4 Å². The molecule has 0 aliphatic carbocycles. The van der Waals surface area contributed by atoms with Crippen LogP contribution in [-0.2, 0) is 10.9 Å². The average molecular weight is 472 g/mol. The van der Waals surface area contributed by atoms with E-state index in [9.17, 15) is 9.18 Å². The van der Waals surface area contributed by atoms with E-state index >= 15 is 0 Å². The summed E-state index contributed by atoms with van der Waals surface area (Å²) < 4.78 is 13.4. The van der Waals surface area contributed by atoms with Gasteiger partial charge in [0.05, 0.1) is 10.9 Å². The van der Waals surface area contributed by atoms with Gasteiger partial charge in [-0.1, -0.05) is 42.1 Å². The Bertz CT molecular complexity index is 1250. The van der Waals surface area contributed by atoms with Gasteiger partial charge < -0.3 is 0 Å². The Kier molecular flexibility index (Phi) is 7.48. The first-order chi connectivity index (χ1) is 16.0. The summed E-state index contributed by atoms with van der Waals surface area (Å²) in [5.74, 6) is -0.188. The summed E-state index contributed by atoms with van der Waals surface area (Å²) in [6.45, 7) is 4.16. The molecule has 0 aromatic heterocycles. The van der Waals surface area contributed by atoms with Crippen molar-refractivity contribution in [3.8, 4) is 0 Å². The van der Waals surface area contributed by atoms with Crippen molar-refractivity contribution < 1.29 is 9.18 Å². The summed E-state index contributed by atoms with van der Waals surface area (Å²) in [6.07, 6.45) is 2.12. The summed E-state index contributed by atoms with van der Waals surface area (Å²) in [5.41, 5.74) is 1.38. The van der Waals surface area contributed by atoms with Gasteiger partial charge in [-0.2, -0.15) is 0 Å². The number of hydrogen-bond donors (Lipinski definition) is 0. The molecule has 0 fully saturated rings. The zero-order valence-electron chi connectivity index (χ0n) is 18.5. The standard InChI is InChI=1S/C29H24FOS2/c1-3-21(2)33(27-17-11-24(30)12-18-27)28-19-15-26(16-20-28)32-25-13-9-23(10-14-25)29(31)22-7-5-4-6-8-22/h3-20H,1-2H3/q+1/b21-3+. The lowest BCUT2D eigenvalue weighted by Gasteiger charge is -2.09. The van der Waals surface area contributed by atoms with Crippen molar-refractivity contribution in [1.82, 2.24) is 0 Å². The van der Waals surface area contributed by atoms with Crippen molar-refractivity contribution in [2.24, 2.45) is 0 Å². The average Bonchev–Trinajstić information content (AvgIpc) is 2.87. The quantitative estimate of drug-likeness (QED) is 0.200. The number of ketones is 1. The van der Waals surface area contributed by atoms with Gasteiger partial charge in [-0.15, -0.1) is 0 Å². The predicted molar refractivity (Wildman–Crippen MR) is 137 cm³/mol. The number of halogens is 1. The van der Waals surface area contributed by atoms with E-state index in [-0.39, 0.29) is 22.5 Å². The van der Waals surface area contributed by atoms with Gasteiger partial charge in [-0.3, -0.25) is 4.79 Å². The summed E-state index contributed by atoms with van der Waals surface area (Å²) in [5, 5.41) is 0. The van der Waals surface area contributed by atoms with Crippen LogP contribution in [0.1, 0.15) is 29.8 Å². The molecule has 4 rings (SSSR count). The van der Waals surface area contributed by atoms with Gasteiger partial charge in [0.2, 0.25) is 0 Å². The molecule has 0 saturated heterocycles. The van der Waals surface area contributed by atoms with Crippen LogP contribution < -0.4 is 0 Å². The van der Waals surface area contributed by atoms with Gasteiger partial charge in [0, 0.05) is 27.8 Å². The first-order valence-corrected chi connectivity index (χ1v) is 12.7. The third kappa shape index (κ3) is 5.65. The van der Waals surface area contributed by atoms with Crippen LogP contribution in [0, 0.1) is 5.82 Å². The first kappa shape index (κ1) is 23.1. The van der Waals surface area contributed by atoms with Crippen LogP contribution >= 0.6 is 11.8 Å². The van der Waals surface area contributed by atoms with E-state index in [4.69, 9.17) is 0 Å². The smallest absolute Gasteiger partial charge is 0.193 e. The Balaban J connectivity index is 1.50. The molecule has 1 unspecified atom stereocenters. The lowest BCUT2D eigenvalue weighted by atomic mass is 10.0. The Morgan fingerprint density at radius 2 is 1.21 bits per heavy atom. The van der Waals surface area contributed by atoms with Crippen molar-refractivity contribution in [3.63, 3.8) is 0 Å². The normalized spacial score (nSPS) is 12.4. The lowest BCUT2D eigenvalue weighted by Crippen LogP contribution is -2.05. The fourth-order valence-electron chi connectivity index (χ4n) is 3.41. The molecule has 0 N–H and O–H groups in total. The second kappa shape index (κ2) is 10.7. The Hall–Kier alpha value is -3.08. The number of carbonyl (C=O) groups excluding carboxylic acids is 1.